The number of likely N-dealkylation sites (tertiary alicyclic amines) is 1. The second-order valence-corrected chi connectivity index (χ2v) is 10.8. The van der Waals surface area contributed by atoms with Gasteiger partial charge in [-0.25, -0.2) is 15.0 Å². The first-order valence-electron chi connectivity index (χ1n) is 11.7. The molecule has 198 valence electrons. The van der Waals surface area contributed by atoms with Crippen molar-refractivity contribution in [3.05, 3.63) is 52.9 Å². The Hall–Kier alpha value is -3.74. The van der Waals surface area contributed by atoms with Crippen LogP contribution in [0.4, 0.5) is 24.8 Å². The van der Waals surface area contributed by atoms with Gasteiger partial charge in [0.15, 0.2) is 0 Å². The number of fused-ring (bicyclic) bond motifs is 3. The highest BCUT2D eigenvalue weighted by atomic mass is 79.9. The lowest BCUT2D eigenvalue weighted by Crippen LogP contribution is -2.44. The third-order valence-electron chi connectivity index (χ3n) is 6.60. The summed E-state index contributed by atoms with van der Waals surface area (Å²) in [7, 11) is 0. The van der Waals surface area contributed by atoms with E-state index in [4.69, 9.17) is 5.73 Å². The maximum absolute atomic E-state index is 13.7. The molecule has 3 N–H and O–H groups in total. The zero-order chi connectivity index (χ0) is 27.4. The summed E-state index contributed by atoms with van der Waals surface area (Å²) in [4.78, 5) is 40.8. The standard InChI is InChI=1S/C25H23BrF3N7O2/c1-24(2)9-16(23(38)34-18-5-3-4-17(26)33-18)36(11-24)19(37)10-35-15-7-6-13(25(27,28)29)8-14(15)20-21(30)31-12-32-22(20)35/h3-8,12,16H,9-11H2,1-2H3,(H2,30,31,32)(H,33,34,38)/t16-/m0/s1. The molecule has 3 aromatic heterocycles. The fourth-order valence-electron chi connectivity index (χ4n) is 4.95. The number of hydrogen-bond acceptors (Lipinski definition) is 6. The molecule has 1 aliphatic heterocycles. The minimum atomic E-state index is -4.56. The van der Waals surface area contributed by atoms with Gasteiger partial charge in [0.1, 0.15) is 40.8 Å². The molecule has 0 saturated carbocycles. The minimum absolute atomic E-state index is 0.00612. The van der Waals surface area contributed by atoms with Gasteiger partial charge in [-0.05, 0) is 58.1 Å². The number of carbonyl (C=O) groups excluding carboxylic acids is 2. The molecule has 13 heteroatoms. The van der Waals surface area contributed by atoms with Crippen molar-refractivity contribution in [1.82, 2.24) is 24.4 Å². The number of aromatic nitrogens is 4. The van der Waals surface area contributed by atoms with E-state index < -0.39 is 17.8 Å². The first-order valence-corrected chi connectivity index (χ1v) is 12.5. The molecule has 0 aliphatic carbocycles. The van der Waals surface area contributed by atoms with E-state index in [1.54, 1.807) is 18.2 Å². The van der Waals surface area contributed by atoms with Crippen molar-refractivity contribution in [1.29, 1.82) is 0 Å². The van der Waals surface area contributed by atoms with E-state index in [2.05, 4.69) is 36.2 Å². The number of nitrogen functional groups attached to an aromatic ring is 1. The molecular formula is C25H23BrF3N7O2. The molecule has 0 radical (unpaired) electrons. The Morgan fingerprint density at radius 3 is 2.68 bits per heavy atom. The van der Waals surface area contributed by atoms with Gasteiger partial charge >= 0.3 is 6.18 Å². The first kappa shape index (κ1) is 25.9. The van der Waals surface area contributed by atoms with Crippen molar-refractivity contribution in [2.75, 3.05) is 17.6 Å². The lowest BCUT2D eigenvalue weighted by molar-refractivity contribution is -0.137. The number of benzene rings is 1. The zero-order valence-electron chi connectivity index (χ0n) is 20.4. The summed E-state index contributed by atoms with van der Waals surface area (Å²) in [5.41, 5.74) is 5.43. The van der Waals surface area contributed by atoms with Crippen LogP contribution in [0.25, 0.3) is 21.9 Å². The quantitative estimate of drug-likeness (QED) is 0.335. The highest BCUT2D eigenvalue weighted by molar-refractivity contribution is 9.10. The summed E-state index contributed by atoms with van der Waals surface area (Å²) >= 11 is 3.27. The van der Waals surface area contributed by atoms with Gasteiger partial charge in [0, 0.05) is 11.9 Å². The highest BCUT2D eigenvalue weighted by Crippen LogP contribution is 2.38. The molecule has 9 nitrogen and oxygen atoms in total. The van der Waals surface area contributed by atoms with Crippen molar-refractivity contribution in [2.24, 2.45) is 5.41 Å². The fourth-order valence-corrected chi connectivity index (χ4v) is 5.30. The molecule has 1 aliphatic rings. The second kappa shape index (κ2) is 9.22. The molecular weight excluding hydrogens is 567 g/mol. The van der Waals surface area contributed by atoms with Crippen molar-refractivity contribution in [2.45, 2.75) is 39.0 Å². The molecule has 5 rings (SSSR count). The van der Waals surface area contributed by atoms with E-state index in [-0.39, 0.29) is 46.0 Å². The number of alkyl halides is 3. The van der Waals surface area contributed by atoms with Crippen LogP contribution in [0.2, 0.25) is 0 Å². The maximum atomic E-state index is 13.7. The van der Waals surface area contributed by atoms with E-state index in [0.29, 0.717) is 28.9 Å². The molecule has 1 fully saturated rings. The molecule has 38 heavy (non-hydrogen) atoms. The number of nitrogens with zero attached hydrogens (tertiary/aromatic N) is 5. The number of halogens is 4. The smallest absolute Gasteiger partial charge is 0.383 e. The first-order chi connectivity index (χ1) is 17.8. The number of hydrogen-bond donors (Lipinski definition) is 2. The number of rotatable bonds is 4. The van der Waals surface area contributed by atoms with E-state index in [1.807, 2.05) is 13.8 Å². The fraction of sp³-hybridized carbons (Fsp3) is 0.320. The lowest BCUT2D eigenvalue weighted by Gasteiger charge is -2.24. The van der Waals surface area contributed by atoms with Gasteiger partial charge < -0.3 is 20.5 Å². The van der Waals surface area contributed by atoms with Gasteiger partial charge in [0.05, 0.1) is 16.5 Å². The Balaban J connectivity index is 1.50. The van der Waals surface area contributed by atoms with Crippen LogP contribution in [0.5, 0.6) is 0 Å². The molecule has 0 spiro atoms. The number of nitrogens with two attached hydrogens (primary N) is 1. The Morgan fingerprint density at radius 1 is 1.21 bits per heavy atom. The molecule has 0 unspecified atom stereocenters. The Morgan fingerprint density at radius 2 is 1.97 bits per heavy atom. The number of anilines is 2. The van der Waals surface area contributed by atoms with E-state index in [0.717, 1.165) is 12.1 Å². The van der Waals surface area contributed by atoms with Gasteiger partial charge in [0.25, 0.3) is 0 Å². The zero-order valence-corrected chi connectivity index (χ0v) is 22.0. The van der Waals surface area contributed by atoms with Gasteiger partial charge in [-0.2, -0.15) is 13.2 Å². The summed E-state index contributed by atoms with van der Waals surface area (Å²) in [6.45, 7) is 4.00. The normalized spacial score (nSPS) is 17.3. The van der Waals surface area contributed by atoms with Crippen molar-refractivity contribution in [3.8, 4) is 0 Å². The van der Waals surface area contributed by atoms with Crippen molar-refractivity contribution in [3.63, 3.8) is 0 Å². The van der Waals surface area contributed by atoms with Gasteiger partial charge in [0.2, 0.25) is 11.8 Å². The Kier molecular flexibility index (Phi) is 6.28. The molecule has 4 aromatic rings. The van der Waals surface area contributed by atoms with E-state index in [9.17, 15) is 22.8 Å². The number of carbonyl (C=O) groups is 2. The molecule has 0 bridgehead atoms. The monoisotopic (exact) mass is 589 g/mol. The minimum Gasteiger partial charge on any atom is -0.383 e. The molecule has 1 aromatic carbocycles. The van der Waals surface area contributed by atoms with Crippen LogP contribution in [-0.4, -0.2) is 48.8 Å². The van der Waals surface area contributed by atoms with Gasteiger partial charge in [-0.3, -0.25) is 9.59 Å². The van der Waals surface area contributed by atoms with Gasteiger partial charge in [-0.1, -0.05) is 19.9 Å². The summed E-state index contributed by atoms with van der Waals surface area (Å²) in [5, 5.41) is 3.20. The molecule has 1 saturated heterocycles. The maximum Gasteiger partial charge on any atom is 0.416 e. The SMILES string of the molecule is CC1(C)C[C@@H](C(=O)Nc2cccc(Br)n2)N(C(=O)Cn2c3ccc(C(F)(F)F)cc3c3c(N)ncnc32)C1. The predicted octanol–water partition coefficient (Wildman–Crippen LogP) is 4.61. The molecule has 4 heterocycles. The third-order valence-corrected chi connectivity index (χ3v) is 7.04. The molecule has 2 amide bonds. The second-order valence-electron chi connectivity index (χ2n) is 10.0. The summed E-state index contributed by atoms with van der Waals surface area (Å²) in [6.07, 6.45) is -2.94. The van der Waals surface area contributed by atoms with E-state index in [1.165, 1.54) is 21.9 Å². The van der Waals surface area contributed by atoms with Crippen LogP contribution in [-0.2, 0) is 22.3 Å². The largest absolute Gasteiger partial charge is 0.416 e. The van der Waals surface area contributed by atoms with Crippen LogP contribution < -0.4 is 11.1 Å². The summed E-state index contributed by atoms with van der Waals surface area (Å²) in [5.74, 6) is -0.407. The van der Waals surface area contributed by atoms with Crippen LogP contribution in [0.1, 0.15) is 25.8 Å². The predicted molar refractivity (Wildman–Crippen MR) is 139 cm³/mol. The highest BCUT2D eigenvalue weighted by Gasteiger charge is 2.44. The Bertz CT molecular complexity index is 1580. The topological polar surface area (TPSA) is 119 Å². The number of amides is 2. The third kappa shape index (κ3) is 4.77. The van der Waals surface area contributed by atoms with E-state index >= 15 is 0 Å². The Labute approximate surface area is 223 Å². The average Bonchev–Trinajstić information content (AvgIpc) is 3.33. The van der Waals surface area contributed by atoms with Crippen LogP contribution in [0, 0.1) is 5.41 Å². The summed E-state index contributed by atoms with van der Waals surface area (Å²) < 4.78 is 42.4. The van der Waals surface area contributed by atoms with Crippen molar-refractivity contribution >= 4 is 61.3 Å². The lowest BCUT2D eigenvalue weighted by atomic mass is 9.90. The van der Waals surface area contributed by atoms with Gasteiger partial charge in [-0.15, -0.1) is 0 Å². The van der Waals surface area contributed by atoms with Crippen LogP contribution >= 0.6 is 15.9 Å². The summed E-state index contributed by atoms with van der Waals surface area (Å²) in [6, 6.07) is 7.57. The van der Waals surface area contributed by atoms with Crippen LogP contribution in [0.15, 0.2) is 47.3 Å². The van der Waals surface area contributed by atoms with Crippen LogP contribution in [0.3, 0.4) is 0 Å². The average molecular weight is 590 g/mol. The number of pyridine rings is 1. The molecule has 1 atom stereocenters. The van der Waals surface area contributed by atoms with Crippen molar-refractivity contribution < 1.29 is 22.8 Å². The number of nitrogens with one attached hydrogen (secondary N) is 1.